The molecule has 1 atom stereocenters. The molecule has 0 saturated heterocycles. The van der Waals surface area contributed by atoms with Crippen LogP contribution in [0.5, 0.6) is 0 Å². The summed E-state index contributed by atoms with van der Waals surface area (Å²) in [5.74, 6) is -0.238. The lowest BCUT2D eigenvalue weighted by Gasteiger charge is -2.34. The van der Waals surface area contributed by atoms with Gasteiger partial charge in [-0.15, -0.1) is 0 Å². The third kappa shape index (κ3) is 6.60. The van der Waals surface area contributed by atoms with Gasteiger partial charge in [0.1, 0.15) is 0 Å². The van der Waals surface area contributed by atoms with E-state index in [0.717, 1.165) is 12.8 Å². The van der Waals surface area contributed by atoms with E-state index >= 15 is 0 Å². The highest BCUT2D eigenvalue weighted by atomic mass is 16.4. The fourth-order valence-corrected chi connectivity index (χ4v) is 2.67. The molecule has 0 bridgehead atoms. The highest BCUT2D eigenvalue weighted by molar-refractivity contribution is 5.76. The number of carboxylic acid groups (broad SMARTS) is 1. The van der Waals surface area contributed by atoms with Gasteiger partial charge >= 0.3 is 5.97 Å². The van der Waals surface area contributed by atoms with E-state index in [1.807, 2.05) is 6.92 Å². The van der Waals surface area contributed by atoms with Crippen molar-refractivity contribution in [2.24, 2.45) is 11.3 Å². The Labute approximate surface area is 116 Å². The maximum absolute atomic E-state index is 11.9. The van der Waals surface area contributed by atoms with Crippen molar-refractivity contribution in [2.75, 3.05) is 0 Å². The molecule has 0 aromatic rings. The van der Waals surface area contributed by atoms with Gasteiger partial charge in [-0.2, -0.15) is 0 Å². The first-order chi connectivity index (χ1) is 8.78. The molecule has 1 aliphatic rings. The van der Waals surface area contributed by atoms with Crippen molar-refractivity contribution in [2.45, 2.75) is 71.8 Å². The minimum absolute atomic E-state index is 0.0522. The molecule has 110 valence electrons. The average Bonchev–Trinajstić information content (AvgIpc) is 2.29. The van der Waals surface area contributed by atoms with E-state index in [-0.39, 0.29) is 18.4 Å². The van der Waals surface area contributed by atoms with Crippen LogP contribution in [0.25, 0.3) is 0 Å². The predicted molar refractivity (Wildman–Crippen MR) is 74.8 cm³/mol. The van der Waals surface area contributed by atoms with Crippen molar-refractivity contribution in [3.05, 3.63) is 0 Å². The molecule has 1 saturated carbocycles. The molecular weight excluding hydrogens is 242 g/mol. The molecule has 0 heterocycles. The fraction of sp³-hybridized carbons (Fsp3) is 0.867. The minimum Gasteiger partial charge on any atom is -0.481 e. The molecule has 0 aromatic carbocycles. The zero-order valence-electron chi connectivity index (χ0n) is 12.4. The van der Waals surface area contributed by atoms with Crippen LogP contribution in [0.3, 0.4) is 0 Å². The van der Waals surface area contributed by atoms with Gasteiger partial charge < -0.3 is 10.4 Å². The quantitative estimate of drug-likeness (QED) is 0.779. The van der Waals surface area contributed by atoms with Crippen molar-refractivity contribution >= 4 is 11.9 Å². The summed E-state index contributed by atoms with van der Waals surface area (Å²) in [6.45, 7) is 6.44. The second-order valence-corrected chi connectivity index (χ2v) is 6.71. The van der Waals surface area contributed by atoms with E-state index in [2.05, 4.69) is 19.2 Å². The van der Waals surface area contributed by atoms with Crippen molar-refractivity contribution in [1.82, 2.24) is 5.32 Å². The lowest BCUT2D eigenvalue weighted by atomic mass is 9.72. The number of amides is 1. The second kappa shape index (κ2) is 6.92. The maximum Gasteiger partial charge on any atom is 0.303 e. The molecule has 4 heteroatoms. The molecule has 4 nitrogen and oxygen atoms in total. The van der Waals surface area contributed by atoms with Gasteiger partial charge in [0.2, 0.25) is 5.91 Å². The Kier molecular flexibility index (Phi) is 5.83. The molecule has 2 N–H and O–H groups in total. The van der Waals surface area contributed by atoms with Gasteiger partial charge in [-0.25, -0.2) is 0 Å². The topological polar surface area (TPSA) is 66.4 Å². The summed E-state index contributed by atoms with van der Waals surface area (Å²) in [7, 11) is 0. The summed E-state index contributed by atoms with van der Waals surface area (Å²) in [6.07, 6.45) is 5.85. The predicted octanol–water partition coefficient (Wildman–Crippen LogP) is 2.96. The molecule has 19 heavy (non-hydrogen) atoms. The number of aliphatic carboxylic acids is 1. The van der Waals surface area contributed by atoms with Gasteiger partial charge in [0.05, 0.1) is 0 Å². The lowest BCUT2D eigenvalue weighted by molar-refractivity contribution is -0.137. The number of rotatable bonds is 6. The number of carboxylic acids is 1. The lowest BCUT2D eigenvalue weighted by Crippen LogP contribution is -2.35. The van der Waals surface area contributed by atoms with Crippen molar-refractivity contribution in [1.29, 1.82) is 0 Å². The molecule has 0 aromatic heterocycles. The van der Waals surface area contributed by atoms with Gasteiger partial charge in [-0.05, 0) is 50.4 Å². The first kappa shape index (κ1) is 16.0. The van der Waals surface area contributed by atoms with E-state index in [4.69, 9.17) is 5.11 Å². The molecule has 1 amide bonds. The zero-order chi connectivity index (χ0) is 14.5. The number of hydrogen-bond acceptors (Lipinski definition) is 2. The molecule has 0 radical (unpaired) electrons. The number of carbonyl (C=O) groups is 2. The van der Waals surface area contributed by atoms with Crippen LogP contribution in [-0.2, 0) is 9.59 Å². The van der Waals surface area contributed by atoms with Crippen LogP contribution in [0.1, 0.15) is 65.7 Å². The van der Waals surface area contributed by atoms with Gasteiger partial charge in [-0.1, -0.05) is 13.8 Å². The average molecular weight is 269 g/mol. The van der Waals surface area contributed by atoms with Gasteiger partial charge in [-0.3, -0.25) is 9.59 Å². The van der Waals surface area contributed by atoms with Crippen LogP contribution in [0.15, 0.2) is 0 Å². The monoisotopic (exact) mass is 269 g/mol. The number of hydrogen-bond donors (Lipinski definition) is 2. The summed E-state index contributed by atoms with van der Waals surface area (Å²) in [5.41, 5.74) is 0.432. The highest BCUT2D eigenvalue weighted by Crippen LogP contribution is 2.39. The van der Waals surface area contributed by atoms with Crippen molar-refractivity contribution in [3.63, 3.8) is 0 Å². The smallest absolute Gasteiger partial charge is 0.303 e. The fourth-order valence-electron chi connectivity index (χ4n) is 2.67. The number of nitrogens with one attached hydrogen (secondary N) is 1. The Morgan fingerprint density at radius 2 is 1.89 bits per heavy atom. The molecule has 0 aliphatic heterocycles. The molecule has 0 spiro atoms. The van der Waals surface area contributed by atoms with Crippen LogP contribution in [0, 0.1) is 11.3 Å². The highest BCUT2D eigenvalue weighted by Gasteiger charge is 2.28. The third-order valence-electron chi connectivity index (χ3n) is 4.13. The first-order valence-corrected chi connectivity index (χ1v) is 7.30. The number of carbonyl (C=O) groups excluding carboxylic acids is 1. The first-order valence-electron chi connectivity index (χ1n) is 7.30. The summed E-state index contributed by atoms with van der Waals surface area (Å²) >= 11 is 0. The maximum atomic E-state index is 11.9. The van der Waals surface area contributed by atoms with E-state index in [1.165, 1.54) is 12.8 Å². The van der Waals surface area contributed by atoms with Crippen LogP contribution in [0.4, 0.5) is 0 Å². The van der Waals surface area contributed by atoms with Crippen molar-refractivity contribution in [3.8, 4) is 0 Å². The molecule has 1 fully saturated rings. The van der Waals surface area contributed by atoms with Crippen LogP contribution in [0.2, 0.25) is 0 Å². The largest absolute Gasteiger partial charge is 0.481 e. The van der Waals surface area contributed by atoms with E-state index in [0.29, 0.717) is 24.2 Å². The SMILES string of the molecule is CC(CCC(=O)O)NC(=O)CC1CCC(C)(C)CC1. The van der Waals surface area contributed by atoms with E-state index < -0.39 is 5.97 Å². The Hall–Kier alpha value is -1.06. The summed E-state index contributed by atoms with van der Waals surface area (Å²) in [6, 6.07) is -0.0522. The van der Waals surface area contributed by atoms with E-state index in [1.54, 1.807) is 0 Å². The van der Waals surface area contributed by atoms with Gasteiger partial charge in [0.15, 0.2) is 0 Å². The Morgan fingerprint density at radius 3 is 2.42 bits per heavy atom. The van der Waals surface area contributed by atoms with Crippen LogP contribution in [-0.4, -0.2) is 23.0 Å². The minimum atomic E-state index is -0.810. The normalized spacial score (nSPS) is 20.8. The molecule has 1 unspecified atom stereocenters. The second-order valence-electron chi connectivity index (χ2n) is 6.71. The van der Waals surface area contributed by atoms with Gasteiger partial charge in [0.25, 0.3) is 0 Å². The zero-order valence-corrected chi connectivity index (χ0v) is 12.4. The standard InChI is InChI=1S/C15H27NO3/c1-11(4-5-14(18)19)16-13(17)10-12-6-8-15(2,3)9-7-12/h11-12H,4-10H2,1-3H3,(H,16,17)(H,18,19). The Morgan fingerprint density at radius 1 is 1.32 bits per heavy atom. The summed E-state index contributed by atoms with van der Waals surface area (Å²) < 4.78 is 0. The van der Waals surface area contributed by atoms with Crippen LogP contribution < -0.4 is 5.32 Å². The van der Waals surface area contributed by atoms with Crippen LogP contribution >= 0.6 is 0 Å². The molecular formula is C15H27NO3. The molecule has 1 aliphatic carbocycles. The Bertz CT molecular complexity index is 315. The van der Waals surface area contributed by atoms with E-state index in [9.17, 15) is 9.59 Å². The molecule has 1 rings (SSSR count). The third-order valence-corrected chi connectivity index (χ3v) is 4.13. The summed E-state index contributed by atoms with van der Waals surface area (Å²) in [4.78, 5) is 22.3. The Balaban J connectivity index is 2.22. The van der Waals surface area contributed by atoms with Crippen molar-refractivity contribution < 1.29 is 14.7 Å². The van der Waals surface area contributed by atoms with Gasteiger partial charge in [0, 0.05) is 18.9 Å². The summed E-state index contributed by atoms with van der Waals surface area (Å²) in [5, 5.41) is 11.5.